The standard InChI is InChI=1S/C13H15FN2O7S/c1-23-12-10(14)5-9(6-11(12)16(19)20)24(21,22)15-4-2-3-8(7-15)13(17)18/h5-6,8H,2-4,7H2,1H3,(H,17,18). The highest BCUT2D eigenvalue weighted by Gasteiger charge is 2.35. The molecule has 1 unspecified atom stereocenters. The van der Waals surface area contributed by atoms with E-state index in [9.17, 15) is 27.7 Å². The van der Waals surface area contributed by atoms with Crippen molar-refractivity contribution in [3.8, 4) is 5.75 Å². The fourth-order valence-electron chi connectivity index (χ4n) is 2.55. The normalized spacial score (nSPS) is 19.0. The van der Waals surface area contributed by atoms with Crippen LogP contribution < -0.4 is 4.74 Å². The Labute approximate surface area is 136 Å². The minimum Gasteiger partial charge on any atom is -0.488 e. The summed E-state index contributed by atoms with van der Waals surface area (Å²) in [5, 5.41) is 20.0. The lowest BCUT2D eigenvalue weighted by Crippen LogP contribution is -2.42. The lowest BCUT2D eigenvalue weighted by Gasteiger charge is -2.29. The second kappa shape index (κ2) is 6.69. The van der Waals surface area contributed by atoms with Crippen molar-refractivity contribution in [1.29, 1.82) is 0 Å². The number of carbonyl (C=O) groups is 1. The number of methoxy groups -OCH3 is 1. The third kappa shape index (κ3) is 3.31. The minimum atomic E-state index is -4.26. The van der Waals surface area contributed by atoms with E-state index in [-0.39, 0.29) is 13.1 Å². The van der Waals surface area contributed by atoms with Crippen molar-refractivity contribution < 1.29 is 32.4 Å². The second-order valence-corrected chi connectivity index (χ2v) is 7.19. The SMILES string of the molecule is COc1c(F)cc(S(=O)(=O)N2CCCC(C(=O)O)C2)cc1[N+](=O)[O-]. The van der Waals surface area contributed by atoms with Crippen LogP contribution in [0, 0.1) is 21.8 Å². The average molecular weight is 362 g/mol. The summed E-state index contributed by atoms with van der Waals surface area (Å²) in [6.45, 7) is -0.202. The van der Waals surface area contributed by atoms with Gasteiger partial charge in [-0.25, -0.2) is 12.8 Å². The summed E-state index contributed by atoms with van der Waals surface area (Å²) in [4.78, 5) is 20.5. The predicted molar refractivity (Wildman–Crippen MR) is 78.7 cm³/mol. The maximum atomic E-state index is 14.0. The molecule has 0 spiro atoms. The van der Waals surface area contributed by atoms with Gasteiger partial charge in [0, 0.05) is 19.2 Å². The number of hydrogen-bond acceptors (Lipinski definition) is 6. The van der Waals surface area contributed by atoms with Gasteiger partial charge in [-0.3, -0.25) is 14.9 Å². The number of sulfonamides is 1. The number of hydrogen-bond donors (Lipinski definition) is 1. The molecule has 1 N–H and O–H groups in total. The highest BCUT2D eigenvalue weighted by molar-refractivity contribution is 7.89. The zero-order valence-electron chi connectivity index (χ0n) is 12.6. The van der Waals surface area contributed by atoms with Crippen LogP contribution in [0.3, 0.4) is 0 Å². The molecule has 11 heteroatoms. The topological polar surface area (TPSA) is 127 Å². The molecule has 132 valence electrons. The van der Waals surface area contributed by atoms with Crippen LogP contribution in [-0.2, 0) is 14.8 Å². The molecule has 1 saturated heterocycles. The molecule has 0 aromatic heterocycles. The molecule has 1 fully saturated rings. The van der Waals surface area contributed by atoms with Crippen LogP contribution in [0.1, 0.15) is 12.8 Å². The van der Waals surface area contributed by atoms with Crippen LogP contribution in [0.4, 0.5) is 10.1 Å². The summed E-state index contributed by atoms with van der Waals surface area (Å²) in [5.41, 5.74) is -0.817. The van der Waals surface area contributed by atoms with E-state index in [1.807, 2.05) is 0 Å². The largest absolute Gasteiger partial charge is 0.488 e. The van der Waals surface area contributed by atoms with Gasteiger partial charge < -0.3 is 9.84 Å². The van der Waals surface area contributed by atoms with Crippen molar-refractivity contribution in [2.24, 2.45) is 5.92 Å². The van der Waals surface area contributed by atoms with Gasteiger partial charge in [0.1, 0.15) is 0 Å². The van der Waals surface area contributed by atoms with Crippen molar-refractivity contribution >= 4 is 21.7 Å². The molecule has 1 heterocycles. The van der Waals surface area contributed by atoms with Crippen LogP contribution in [0.25, 0.3) is 0 Å². The third-order valence-electron chi connectivity index (χ3n) is 3.77. The fraction of sp³-hybridized carbons (Fsp3) is 0.462. The summed E-state index contributed by atoms with van der Waals surface area (Å²) in [5.74, 6) is -3.84. The quantitative estimate of drug-likeness (QED) is 0.616. The number of nitrogens with zero attached hydrogens (tertiary/aromatic N) is 2. The lowest BCUT2D eigenvalue weighted by atomic mass is 10.0. The van der Waals surface area contributed by atoms with Crippen LogP contribution in [0.15, 0.2) is 17.0 Å². The summed E-state index contributed by atoms with van der Waals surface area (Å²) in [6, 6.07) is 1.34. The first-order chi connectivity index (χ1) is 11.2. The second-order valence-electron chi connectivity index (χ2n) is 5.26. The monoisotopic (exact) mass is 362 g/mol. The number of benzene rings is 1. The molecule has 0 bridgehead atoms. The number of nitro groups is 1. The van der Waals surface area contributed by atoms with E-state index in [4.69, 9.17) is 5.11 Å². The molecular weight excluding hydrogens is 347 g/mol. The molecule has 24 heavy (non-hydrogen) atoms. The van der Waals surface area contributed by atoms with Crippen molar-refractivity contribution in [2.45, 2.75) is 17.7 Å². The van der Waals surface area contributed by atoms with Crippen LogP contribution >= 0.6 is 0 Å². The molecule has 0 aliphatic carbocycles. The Morgan fingerprint density at radius 3 is 2.71 bits per heavy atom. The van der Waals surface area contributed by atoms with E-state index in [0.29, 0.717) is 25.0 Å². The Hall–Kier alpha value is -2.27. The number of nitro benzene ring substituents is 1. The van der Waals surface area contributed by atoms with Gasteiger partial charge in [-0.15, -0.1) is 0 Å². The highest BCUT2D eigenvalue weighted by Crippen LogP contribution is 2.34. The molecule has 0 amide bonds. The first kappa shape index (κ1) is 18.1. The smallest absolute Gasteiger partial charge is 0.315 e. The summed E-state index contributed by atoms with van der Waals surface area (Å²) in [6.07, 6.45) is 0.662. The lowest BCUT2D eigenvalue weighted by molar-refractivity contribution is -0.386. The van der Waals surface area contributed by atoms with Gasteiger partial charge in [-0.05, 0) is 18.9 Å². The maximum absolute atomic E-state index is 14.0. The number of ether oxygens (including phenoxy) is 1. The highest BCUT2D eigenvalue weighted by atomic mass is 32.2. The minimum absolute atomic E-state index is 0.0631. The first-order valence-electron chi connectivity index (χ1n) is 6.93. The molecule has 1 atom stereocenters. The Morgan fingerprint density at radius 2 is 2.17 bits per heavy atom. The van der Waals surface area contributed by atoms with Crippen LogP contribution in [0.5, 0.6) is 5.75 Å². The van der Waals surface area contributed by atoms with Crippen LogP contribution in [-0.4, -0.2) is 48.9 Å². The van der Waals surface area contributed by atoms with Crippen molar-refractivity contribution in [2.75, 3.05) is 20.2 Å². The number of aliphatic carboxylic acids is 1. The van der Waals surface area contributed by atoms with Crippen molar-refractivity contribution in [1.82, 2.24) is 4.31 Å². The van der Waals surface area contributed by atoms with Gasteiger partial charge >= 0.3 is 11.7 Å². The van der Waals surface area contributed by atoms with E-state index in [2.05, 4.69) is 4.74 Å². The van der Waals surface area contributed by atoms with Crippen molar-refractivity contribution in [3.05, 3.63) is 28.1 Å². The molecule has 1 aliphatic rings. The number of rotatable bonds is 5. The molecular formula is C13H15FN2O7S. The predicted octanol–water partition coefficient (Wildman–Crippen LogP) is 1.23. The van der Waals surface area contributed by atoms with E-state index >= 15 is 0 Å². The molecule has 1 aromatic carbocycles. The zero-order valence-corrected chi connectivity index (χ0v) is 13.5. The number of piperidine rings is 1. The first-order valence-corrected chi connectivity index (χ1v) is 8.37. The van der Waals surface area contributed by atoms with Gasteiger partial charge in [0.15, 0.2) is 5.82 Å². The van der Waals surface area contributed by atoms with E-state index < -0.39 is 49.0 Å². The fourth-order valence-corrected chi connectivity index (χ4v) is 4.11. The Morgan fingerprint density at radius 1 is 1.50 bits per heavy atom. The Kier molecular flexibility index (Phi) is 5.04. The maximum Gasteiger partial charge on any atom is 0.315 e. The van der Waals surface area contributed by atoms with E-state index in [1.54, 1.807) is 0 Å². The summed E-state index contributed by atoms with van der Waals surface area (Å²) < 4.78 is 44.6. The van der Waals surface area contributed by atoms with E-state index in [0.717, 1.165) is 11.4 Å². The molecule has 9 nitrogen and oxygen atoms in total. The van der Waals surface area contributed by atoms with Gasteiger partial charge in [-0.1, -0.05) is 0 Å². The summed E-state index contributed by atoms with van der Waals surface area (Å²) in [7, 11) is -3.23. The Bertz CT molecular complexity index is 781. The number of carboxylic acids is 1. The number of halogens is 1. The average Bonchev–Trinajstić information content (AvgIpc) is 2.53. The third-order valence-corrected chi connectivity index (χ3v) is 5.61. The molecule has 0 radical (unpaired) electrons. The summed E-state index contributed by atoms with van der Waals surface area (Å²) >= 11 is 0. The molecule has 1 aromatic rings. The number of carboxylic acid groups (broad SMARTS) is 1. The van der Waals surface area contributed by atoms with Crippen LogP contribution in [0.2, 0.25) is 0 Å². The van der Waals surface area contributed by atoms with Gasteiger partial charge in [0.25, 0.3) is 0 Å². The van der Waals surface area contributed by atoms with Crippen molar-refractivity contribution in [3.63, 3.8) is 0 Å². The molecule has 0 saturated carbocycles. The van der Waals surface area contributed by atoms with E-state index in [1.165, 1.54) is 0 Å². The van der Waals surface area contributed by atoms with Gasteiger partial charge in [0.05, 0.1) is 22.8 Å². The molecule has 1 aliphatic heterocycles. The van der Waals surface area contributed by atoms with Gasteiger partial charge in [0.2, 0.25) is 15.8 Å². The molecule has 2 rings (SSSR count). The zero-order chi connectivity index (χ0) is 18.1. The van der Waals surface area contributed by atoms with Gasteiger partial charge in [-0.2, -0.15) is 4.31 Å². The Balaban J connectivity index is 2.46.